The van der Waals surface area contributed by atoms with Crippen molar-refractivity contribution in [2.75, 3.05) is 0 Å². The average Bonchev–Trinajstić information content (AvgIpc) is 2.35. The zero-order valence-electron chi connectivity index (χ0n) is 10.4. The summed E-state index contributed by atoms with van der Waals surface area (Å²) in [7, 11) is 0. The maximum absolute atomic E-state index is 9.94. The normalized spacial score (nSPS) is 12.1. The van der Waals surface area contributed by atoms with E-state index in [0.29, 0.717) is 6.61 Å². The van der Waals surface area contributed by atoms with E-state index in [1.54, 1.807) is 6.92 Å². The Morgan fingerprint density at radius 1 is 1.24 bits per heavy atom. The predicted molar refractivity (Wildman–Crippen MR) is 66.1 cm³/mol. The van der Waals surface area contributed by atoms with Gasteiger partial charge in [-0.1, -0.05) is 37.6 Å². The molecule has 17 heavy (non-hydrogen) atoms. The lowest BCUT2D eigenvalue weighted by Gasteiger charge is -2.10. The van der Waals surface area contributed by atoms with Gasteiger partial charge >= 0.3 is 6.47 Å². The lowest BCUT2D eigenvalue weighted by atomic mass is 10.1. The molecular weight excluding hydrogens is 216 g/mol. The fourth-order valence-corrected chi connectivity index (χ4v) is 1.50. The molecule has 0 heterocycles. The Morgan fingerprint density at radius 2 is 1.88 bits per heavy atom. The van der Waals surface area contributed by atoms with Crippen molar-refractivity contribution >= 4 is 6.47 Å². The Balaban J connectivity index is 2.37. The molecule has 1 radical (unpaired) electrons. The van der Waals surface area contributed by atoms with Crippen LogP contribution in [0.1, 0.15) is 37.8 Å². The van der Waals surface area contributed by atoms with Crippen LogP contribution in [0.5, 0.6) is 0 Å². The number of rotatable bonds is 8. The van der Waals surface area contributed by atoms with Crippen molar-refractivity contribution in [1.82, 2.24) is 0 Å². The molecule has 0 aliphatic carbocycles. The molecule has 1 rings (SSSR count). The molecular formula is C14H19O3. The lowest BCUT2D eigenvalue weighted by molar-refractivity contribution is -0.0847. The van der Waals surface area contributed by atoms with Gasteiger partial charge in [0.25, 0.3) is 0 Å². The highest BCUT2D eigenvalue weighted by atomic mass is 16.7. The van der Waals surface area contributed by atoms with E-state index in [0.717, 1.165) is 12.0 Å². The molecule has 0 aliphatic heterocycles. The van der Waals surface area contributed by atoms with Gasteiger partial charge in [-0.15, -0.1) is 0 Å². The second kappa shape index (κ2) is 7.85. The molecule has 3 heteroatoms. The number of hydrogen-bond donors (Lipinski definition) is 0. The van der Waals surface area contributed by atoms with Crippen LogP contribution in [0.3, 0.4) is 0 Å². The average molecular weight is 235 g/mol. The fourth-order valence-electron chi connectivity index (χ4n) is 1.50. The third kappa shape index (κ3) is 5.50. The molecule has 0 aliphatic rings. The topological polar surface area (TPSA) is 35.5 Å². The van der Waals surface area contributed by atoms with Gasteiger partial charge in [0, 0.05) is 0 Å². The second-order valence-corrected chi connectivity index (χ2v) is 4.00. The van der Waals surface area contributed by atoms with E-state index in [-0.39, 0.29) is 0 Å². The van der Waals surface area contributed by atoms with Gasteiger partial charge in [0.2, 0.25) is 6.29 Å². The highest BCUT2D eigenvalue weighted by Crippen LogP contribution is 2.09. The van der Waals surface area contributed by atoms with Crippen LogP contribution in [0.25, 0.3) is 0 Å². The van der Waals surface area contributed by atoms with E-state index < -0.39 is 6.29 Å². The number of hydrogen-bond acceptors (Lipinski definition) is 3. The van der Waals surface area contributed by atoms with Gasteiger partial charge in [0.1, 0.15) is 0 Å². The molecule has 0 aromatic heterocycles. The maximum atomic E-state index is 9.94. The zero-order valence-corrected chi connectivity index (χ0v) is 10.4. The first-order chi connectivity index (χ1) is 8.26. The van der Waals surface area contributed by atoms with Crippen LogP contribution in [0, 0.1) is 0 Å². The smallest absolute Gasteiger partial charge is 0.419 e. The number of ether oxygens (including phenoxy) is 2. The highest BCUT2D eigenvalue weighted by molar-refractivity contribution is 5.38. The molecule has 1 aromatic rings. The predicted octanol–water partition coefficient (Wildman–Crippen LogP) is 2.98. The van der Waals surface area contributed by atoms with Crippen molar-refractivity contribution in [3.63, 3.8) is 0 Å². The van der Waals surface area contributed by atoms with E-state index in [9.17, 15) is 4.79 Å². The third-order valence-corrected chi connectivity index (χ3v) is 2.54. The summed E-state index contributed by atoms with van der Waals surface area (Å²) < 4.78 is 9.82. The molecule has 0 spiro atoms. The minimum atomic E-state index is -0.549. The zero-order chi connectivity index (χ0) is 12.5. The first kappa shape index (κ1) is 13.7. The summed E-state index contributed by atoms with van der Waals surface area (Å²) in [4.78, 5) is 9.94. The van der Waals surface area contributed by atoms with Crippen molar-refractivity contribution in [2.45, 2.75) is 46.0 Å². The van der Waals surface area contributed by atoms with E-state index in [1.807, 2.05) is 12.1 Å². The summed E-state index contributed by atoms with van der Waals surface area (Å²) in [5.41, 5.74) is 2.42. The molecule has 1 atom stereocenters. The van der Waals surface area contributed by atoms with Crippen molar-refractivity contribution in [3.05, 3.63) is 35.4 Å². The molecule has 1 aromatic carbocycles. The largest absolute Gasteiger partial charge is 0.428 e. The number of benzene rings is 1. The summed E-state index contributed by atoms with van der Waals surface area (Å²) in [5, 5.41) is 0. The SMILES string of the molecule is CCCCc1ccc(COC(C)O[C]=O)cc1. The first-order valence-electron chi connectivity index (χ1n) is 5.98. The number of carbonyl (C=O) groups excluding carboxylic acids is 1. The van der Waals surface area contributed by atoms with E-state index >= 15 is 0 Å². The van der Waals surface area contributed by atoms with E-state index in [2.05, 4.69) is 23.8 Å². The van der Waals surface area contributed by atoms with Crippen molar-refractivity contribution in [3.8, 4) is 0 Å². The van der Waals surface area contributed by atoms with Crippen LogP contribution in [0.15, 0.2) is 24.3 Å². The molecule has 93 valence electrons. The summed E-state index contributed by atoms with van der Waals surface area (Å²) in [6.45, 7) is 5.66. The van der Waals surface area contributed by atoms with Crippen molar-refractivity contribution < 1.29 is 14.3 Å². The van der Waals surface area contributed by atoms with Gasteiger partial charge in [0.15, 0.2) is 0 Å². The van der Waals surface area contributed by atoms with Crippen LogP contribution in [0.2, 0.25) is 0 Å². The summed E-state index contributed by atoms with van der Waals surface area (Å²) >= 11 is 0. The molecule has 3 nitrogen and oxygen atoms in total. The molecule has 0 amide bonds. The Bertz CT molecular complexity index is 319. The monoisotopic (exact) mass is 235 g/mol. The molecule has 0 N–H and O–H groups in total. The lowest BCUT2D eigenvalue weighted by Crippen LogP contribution is -2.11. The Labute approximate surface area is 103 Å². The van der Waals surface area contributed by atoms with Crippen LogP contribution in [-0.4, -0.2) is 12.8 Å². The highest BCUT2D eigenvalue weighted by Gasteiger charge is 2.02. The molecule has 0 saturated carbocycles. The Kier molecular flexibility index (Phi) is 6.33. The second-order valence-electron chi connectivity index (χ2n) is 4.00. The summed E-state index contributed by atoms with van der Waals surface area (Å²) in [6, 6.07) is 8.32. The maximum Gasteiger partial charge on any atom is 0.419 e. The molecule has 1 unspecified atom stereocenters. The Morgan fingerprint density at radius 3 is 2.47 bits per heavy atom. The Hall–Kier alpha value is -1.35. The minimum Gasteiger partial charge on any atom is -0.428 e. The molecule has 0 fully saturated rings. The van der Waals surface area contributed by atoms with Gasteiger partial charge in [0.05, 0.1) is 6.61 Å². The van der Waals surface area contributed by atoms with Gasteiger partial charge in [-0.3, -0.25) is 0 Å². The summed E-state index contributed by atoms with van der Waals surface area (Å²) in [6.07, 6.45) is 3.00. The minimum absolute atomic E-state index is 0.441. The van der Waals surface area contributed by atoms with E-state index in [4.69, 9.17) is 4.74 Å². The first-order valence-corrected chi connectivity index (χ1v) is 5.98. The standard InChI is InChI=1S/C14H19O3/c1-3-4-5-13-6-8-14(9-7-13)10-16-12(2)17-11-15/h6-9,12H,3-5,10H2,1-2H3. The van der Waals surface area contributed by atoms with Crippen molar-refractivity contribution in [2.24, 2.45) is 0 Å². The fraction of sp³-hybridized carbons (Fsp3) is 0.500. The van der Waals surface area contributed by atoms with Gasteiger partial charge in [-0.25, -0.2) is 4.79 Å². The molecule has 0 bridgehead atoms. The van der Waals surface area contributed by atoms with Crippen LogP contribution >= 0.6 is 0 Å². The van der Waals surface area contributed by atoms with Crippen LogP contribution < -0.4 is 0 Å². The number of unbranched alkanes of at least 4 members (excludes halogenated alkanes) is 1. The van der Waals surface area contributed by atoms with Crippen molar-refractivity contribution in [1.29, 1.82) is 0 Å². The number of aryl methyl sites for hydroxylation is 1. The van der Waals surface area contributed by atoms with Crippen LogP contribution in [0.4, 0.5) is 0 Å². The third-order valence-electron chi connectivity index (χ3n) is 2.54. The van der Waals surface area contributed by atoms with Gasteiger partial charge < -0.3 is 9.47 Å². The van der Waals surface area contributed by atoms with E-state index in [1.165, 1.54) is 24.9 Å². The van der Waals surface area contributed by atoms with Crippen LogP contribution in [-0.2, 0) is 27.3 Å². The molecule has 0 saturated heterocycles. The quantitative estimate of drug-likeness (QED) is 0.650. The van der Waals surface area contributed by atoms with Gasteiger partial charge in [-0.05, 0) is 30.9 Å². The summed E-state index contributed by atoms with van der Waals surface area (Å²) in [5.74, 6) is 0. The van der Waals surface area contributed by atoms with Gasteiger partial charge in [-0.2, -0.15) is 0 Å².